The van der Waals surface area contributed by atoms with E-state index in [-0.39, 0.29) is 11.9 Å². The van der Waals surface area contributed by atoms with E-state index < -0.39 is 0 Å². The van der Waals surface area contributed by atoms with Gasteiger partial charge in [-0.1, -0.05) is 13.8 Å². The number of nitrogens with one attached hydrogen (secondary N) is 1. The fourth-order valence-electron chi connectivity index (χ4n) is 1.67. The molecule has 1 amide bonds. The van der Waals surface area contributed by atoms with Crippen molar-refractivity contribution in [2.45, 2.75) is 40.2 Å². The van der Waals surface area contributed by atoms with Crippen molar-refractivity contribution >= 4 is 22.9 Å². The Hall–Kier alpha value is -1.03. The maximum Gasteiger partial charge on any atom is 0.261 e. The second-order valence-electron chi connectivity index (χ2n) is 4.63. The second kappa shape index (κ2) is 5.34. The Morgan fingerprint density at radius 1 is 1.50 bits per heavy atom. The molecule has 0 saturated heterocycles. The van der Waals surface area contributed by atoms with Crippen LogP contribution in [0.2, 0.25) is 0 Å². The Morgan fingerprint density at radius 2 is 2.12 bits per heavy atom. The summed E-state index contributed by atoms with van der Waals surface area (Å²) in [7, 11) is 0. The summed E-state index contributed by atoms with van der Waals surface area (Å²) in [6, 6.07) is 1.95. The number of thiophene rings is 1. The average Bonchev–Trinajstić information content (AvgIpc) is 2.45. The largest absolute Gasteiger partial charge is 0.398 e. The lowest BCUT2D eigenvalue weighted by Crippen LogP contribution is -2.32. The van der Waals surface area contributed by atoms with Crippen LogP contribution < -0.4 is 11.1 Å². The normalized spacial score (nSPS) is 12.8. The SMILES string of the molecule is Cc1sc(C(=O)NC(C)CC(C)C)cc1N. The topological polar surface area (TPSA) is 55.1 Å². The maximum atomic E-state index is 11.8. The van der Waals surface area contributed by atoms with Gasteiger partial charge in [-0.15, -0.1) is 11.3 Å². The van der Waals surface area contributed by atoms with Gasteiger partial charge in [-0.2, -0.15) is 0 Å². The number of hydrogen-bond acceptors (Lipinski definition) is 3. The van der Waals surface area contributed by atoms with Crippen molar-refractivity contribution in [3.63, 3.8) is 0 Å². The first kappa shape index (κ1) is 13.0. The van der Waals surface area contributed by atoms with E-state index >= 15 is 0 Å². The van der Waals surface area contributed by atoms with Gasteiger partial charge in [0.2, 0.25) is 0 Å². The average molecular weight is 240 g/mol. The lowest BCUT2D eigenvalue weighted by atomic mass is 10.1. The minimum absolute atomic E-state index is 0.0158. The number of nitrogens with two attached hydrogens (primary N) is 1. The highest BCUT2D eigenvalue weighted by Gasteiger charge is 2.14. The van der Waals surface area contributed by atoms with Crippen molar-refractivity contribution in [2.75, 3.05) is 5.73 Å². The van der Waals surface area contributed by atoms with Crippen molar-refractivity contribution in [3.8, 4) is 0 Å². The van der Waals surface area contributed by atoms with E-state index in [1.54, 1.807) is 6.07 Å². The molecular formula is C12H20N2OS. The smallest absolute Gasteiger partial charge is 0.261 e. The quantitative estimate of drug-likeness (QED) is 0.850. The number of nitrogen functional groups attached to an aromatic ring is 1. The molecule has 0 aliphatic rings. The van der Waals surface area contributed by atoms with Crippen LogP contribution in [0.5, 0.6) is 0 Å². The maximum absolute atomic E-state index is 11.8. The molecule has 1 aromatic rings. The molecule has 1 aromatic heterocycles. The fourth-order valence-corrected chi connectivity index (χ4v) is 2.51. The van der Waals surface area contributed by atoms with Crippen molar-refractivity contribution in [1.29, 1.82) is 0 Å². The highest BCUT2D eigenvalue weighted by atomic mass is 32.1. The van der Waals surface area contributed by atoms with Crippen LogP contribution >= 0.6 is 11.3 Å². The molecular weight excluding hydrogens is 220 g/mol. The van der Waals surface area contributed by atoms with Crippen molar-refractivity contribution in [1.82, 2.24) is 5.32 Å². The van der Waals surface area contributed by atoms with Crippen LogP contribution in [0.1, 0.15) is 41.7 Å². The number of anilines is 1. The van der Waals surface area contributed by atoms with Gasteiger partial charge in [0.15, 0.2) is 0 Å². The molecule has 1 atom stereocenters. The zero-order chi connectivity index (χ0) is 12.3. The molecule has 0 saturated carbocycles. The van der Waals surface area contributed by atoms with Crippen molar-refractivity contribution in [3.05, 3.63) is 15.8 Å². The van der Waals surface area contributed by atoms with E-state index in [0.717, 1.165) is 11.3 Å². The van der Waals surface area contributed by atoms with E-state index in [2.05, 4.69) is 19.2 Å². The van der Waals surface area contributed by atoms with E-state index in [1.807, 2.05) is 13.8 Å². The molecule has 0 fully saturated rings. The highest BCUT2D eigenvalue weighted by Crippen LogP contribution is 2.23. The lowest BCUT2D eigenvalue weighted by molar-refractivity contribution is 0.0940. The molecule has 0 bridgehead atoms. The first-order chi connectivity index (χ1) is 7.40. The zero-order valence-corrected chi connectivity index (χ0v) is 11.1. The first-order valence-corrected chi connectivity index (χ1v) is 6.38. The molecule has 4 heteroatoms. The van der Waals surface area contributed by atoms with Gasteiger partial charge in [0.25, 0.3) is 5.91 Å². The van der Waals surface area contributed by atoms with Gasteiger partial charge in [0, 0.05) is 16.6 Å². The number of carbonyl (C=O) groups excluding carboxylic acids is 1. The third-order valence-electron chi connectivity index (χ3n) is 2.38. The van der Waals surface area contributed by atoms with E-state index in [1.165, 1.54) is 11.3 Å². The molecule has 0 spiro atoms. The third-order valence-corrected chi connectivity index (χ3v) is 3.45. The van der Waals surface area contributed by atoms with Gasteiger partial charge in [-0.05, 0) is 32.3 Å². The Labute approximate surface area is 101 Å². The predicted molar refractivity (Wildman–Crippen MR) is 69.9 cm³/mol. The Kier molecular flexibility index (Phi) is 4.35. The number of carbonyl (C=O) groups is 1. The Bertz CT molecular complexity index is 352. The van der Waals surface area contributed by atoms with Crippen LogP contribution in [0.3, 0.4) is 0 Å². The molecule has 16 heavy (non-hydrogen) atoms. The number of rotatable bonds is 4. The van der Waals surface area contributed by atoms with Crippen LogP contribution in [0.15, 0.2) is 6.07 Å². The van der Waals surface area contributed by atoms with Crippen LogP contribution in [-0.4, -0.2) is 11.9 Å². The molecule has 0 aliphatic carbocycles. The monoisotopic (exact) mass is 240 g/mol. The molecule has 90 valence electrons. The van der Waals surface area contributed by atoms with E-state index in [9.17, 15) is 4.79 Å². The van der Waals surface area contributed by atoms with Gasteiger partial charge >= 0.3 is 0 Å². The van der Waals surface area contributed by atoms with E-state index in [4.69, 9.17) is 5.73 Å². The van der Waals surface area contributed by atoms with E-state index in [0.29, 0.717) is 16.5 Å². The summed E-state index contributed by atoms with van der Waals surface area (Å²) in [5.41, 5.74) is 6.42. The molecule has 1 unspecified atom stereocenters. The second-order valence-corrected chi connectivity index (χ2v) is 5.88. The Balaban J connectivity index is 2.58. The molecule has 0 radical (unpaired) electrons. The molecule has 3 N–H and O–H groups in total. The van der Waals surface area contributed by atoms with Gasteiger partial charge in [-0.3, -0.25) is 4.79 Å². The molecule has 0 aliphatic heterocycles. The summed E-state index contributed by atoms with van der Waals surface area (Å²) in [5.74, 6) is 0.573. The highest BCUT2D eigenvalue weighted by molar-refractivity contribution is 7.14. The number of amides is 1. The number of aryl methyl sites for hydroxylation is 1. The fraction of sp³-hybridized carbons (Fsp3) is 0.583. The van der Waals surface area contributed by atoms with Gasteiger partial charge < -0.3 is 11.1 Å². The molecule has 0 aromatic carbocycles. The third kappa shape index (κ3) is 3.52. The van der Waals surface area contributed by atoms with Crippen LogP contribution in [0.25, 0.3) is 0 Å². The minimum Gasteiger partial charge on any atom is -0.398 e. The summed E-state index contributed by atoms with van der Waals surface area (Å²) < 4.78 is 0. The first-order valence-electron chi connectivity index (χ1n) is 5.57. The summed E-state index contributed by atoms with van der Waals surface area (Å²) >= 11 is 1.45. The zero-order valence-electron chi connectivity index (χ0n) is 10.3. The van der Waals surface area contributed by atoms with Crippen LogP contribution in [0, 0.1) is 12.8 Å². The molecule has 1 rings (SSSR count). The van der Waals surface area contributed by atoms with Gasteiger partial charge in [0.1, 0.15) is 0 Å². The van der Waals surface area contributed by atoms with Crippen molar-refractivity contribution in [2.24, 2.45) is 5.92 Å². The van der Waals surface area contributed by atoms with Crippen LogP contribution in [-0.2, 0) is 0 Å². The van der Waals surface area contributed by atoms with Crippen LogP contribution in [0.4, 0.5) is 5.69 Å². The van der Waals surface area contributed by atoms with Crippen molar-refractivity contribution < 1.29 is 4.79 Å². The summed E-state index contributed by atoms with van der Waals surface area (Å²) in [6.45, 7) is 8.25. The molecule has 3 nitrogen and oxygen atoms in total. The van der Waals surface area contributed by atoms with Gasteiger partial charge in [-0.25, -0.2) is 0 Å². The summed E-state index contributed by atoms with van der Waals surface area (Å²) in [5, 5.41) is 2.98. The lowest BCUT2D eigenvalue weighted by Gasteiger charge is -2.15. The Morgan fingerprint density at radius 3 is 2.56 bits per heavy atom. The number of hydrogen-bond donors (Lipinski definition) is 2. The molecule has 1 heterocycles. The van der Waals surface area contributed by atoms with Gasteiger partial charge in [0.05, 0.1) is 4.88 Å². The minimum atomic E-state index is -0.0158. The summed E-state index contributed by atoms with van der Waals surface area (Å²) in [4.78, 5) is 13.5. The summed E-state index contributed by atoms with van der Waals surface area (Å²) in [6.07, 6.45) is 0.992. The predicted octanol–water partition coefficient (Wildman–Crippen LogP) is 2.80. The standard InChI is InChI=1S/C12H20N2OS/c1-7(2)5-8(3)14-12(15)11-6-10(13)9(4)16-11/h6-8H,5,13H2,1-4H3,(H,14,15).